The number of nitro groups is 1. The molecule has 0 saturated heterocycles. The van der Waals surface area contributed by atoms with Gasteiger partial charge in [-0.25, -0.2) is 8.78 Å². The number of hydrogen-bond acceptors (Lipinski definition) is 6. The lowest BCUT2D eigenvalue weighted by atomic mass is 10.2. The van der Waals surface area contributed by atoms with Crippen molar-refractivity contribution in [1.82, 2.24) is 0 Å². The van der Waals surface area contributed by atoms with Gasteiger partial charge in [-0.2, -0.15) is 0 Å². The second-order valence-electron chi connectivity index (χ2n) is 6.11. The number of nitrogens with one attached hydrogen (secondary N) is 1. The summed E-state index contributed by atoms with van der Waals surface area (Å²) in [6.45, 7) is -0.869. The molecule has 0 aliphatic heterocycles. The lowest BCUT2D eigenvalue weighted by Gasteiger charge is -2.09. The maximum Gasteiger partial charge on any atom is 0.291 e. The van der Waals surface area contributed by atoms with E-state index in [4.69, 9.17) is 13.9 Å². The molecular weight excluding hydrogens is 482 g/mol. The number of alkyl halides is 2. The number of para-hydroxylation sites is 1. The van der Waals surface area contributed by atoms with E-state index >= 15 is 0 Å². The number of furan rings is 1. The Morgan fingerprint density at radius 3 is 2.65 bits per heavy atom. The topological polar surface area (TPSA) is 104 Å². The summed E-state index contributed by atoms with van der Waals surface area (Å²) in [6.07, 6.45) is -2.75. The van der Waals surface area contributed by atoms with Crippen LogP contribution in [0, 0.1) is 10.1 Å². The molecule has 0 saturated carbocycles. The van der Waals surface area contributed by atoms with Crippen LogP contribution < -0.4 is 14.8 Å². The first-order valence-corrected chi connectivity index (χ1v) is 9.59. The van der Waals surface area contributed by atoms with E-state index in [2.05, 4.69) is 21.2 Å². The van der Waals surface area contributed by atoms with Crippen molar-refractivity contribution in [3.8, 4) is 11.5 Å². The Kier molecular flexibility index (Phi) is 7.19. The van der Waals surface area contributed by atoms with Gasteiger partial charge in [-0.1, -0.05) is 12.1 Å². The van der Waals surface area contributed by atoms with Crippen molar-refractivity contribution in [2.45, 2.75) is 13.0 Å². The Hall–Kier alpha value is -3.47. The van der Waals surface area contributed by atoms with E-state index in [1.807, 2.05) is 12.1 Å². The second kappa shape index (κ2) is 10.0. The molecule has 3 rings (SSSR count). The van der Waals surface area contributed by atoms with Crippen LogP contribution in [0.4, 0.5) is 20.2 Å². The molecule has 0 spiro atoms. The van der Waals surface area contributed by atoms with Gasteiger partial charge in [-0.15, -0.1) is 0 Å². The number of hydrogen-bond donors (Lipinski definition) is 1. The molecule has 0 fully saturated rings. The van der Waals surface area contributed by atoms with Crippen molar-refractivity contribution in [2.24, 2.45) is 0 Å². The molecule has 0 aliphatic rings. The number of non-ortho nitro benzene ring substituents is 1. The molecule has 1 N–H and O–H groups in total. The lowest BCUT2D eigenvalue weighted by molar-refractivity contribution is -0.384. The molecule has 1 aromatic heterocycles. The molecular formula is C20H15BrF2N2O6. The van der Waals surface area contributed by atoms with Crippen molar-refractivity contribution in [2.75, 3.05) is 11.9 Å². The third-order valence-electron chi connectivity index (χ3n) is 3.83. The number of rotatable bonds is 9. The standard InChI is InChI=1S/C20H15BrF2N2O6/c21-16-3-1-2-4-17(16)30-10-14-5-6-18(31-14)20(26)24-12-7-13(25(27)28)9-15(8-12)29-11-19(22)23/h1-9,19H,10-11H2,(H,24,26). The van der Waals surface area contributed by atoms with Crippen molar-refractivity contribution < 1.29 is 32.4 Å². The Morgan fingerprint density at radius 2 is 1.94 bits per heavy atom. The minimum absolute atomic E-state index is 0.00844. The zero-order valence-corrected chi connectivity index (χ0v) is 17.3. The van der Waals surface area contributed by atoms with Gasteiger partial charge in [0.1, 0.15) is 30.5 Å². The third-order valence-corrected chi connectivity index (χ3v) is 4.48. The molecule has 0 unspecified atom stereocenters. The van der Waals surface area contributed by atoms with Crippen LogP contribution in [-0.4, -0.2) is 23.9 Å². The number of carbonyl (C=O) groups is 1. The first-order valence-electron chi connectivity index (χ1n) is 8.79. The fourth-order valence-electron chi connectivity index (χ4n) is 2.48. The molecule has 11 heteroatoms. The monoisotopic (exact) mass is 496 g/mol. The summed E-state index contributed by atoms with van der Waals surface area (Å²) in [6, 6.07) is 13.5. The fraction of sp³-hybridized carbons (Fsp3) is 0.150. The van der Waals surface area contributed by atoms with Gasteiger partial charge >= 0.3 is 0 Å². The van der Waals surface area contributed by atoms with Crippen LogP contribution in [-0.2, 0) is 6.61 Å². The average Bonchev–Trinajstić information content (AvgIpc) is 3.21. The number of amides is 1. The summed E-state index contributed by atoms with van der Waals surface area (Å²) in [4.78, 5) is 22.8. The van der Waals surface area contributed by atoms with Crippen LogP contribution in [0.2, 0.25) is 0 Å². The van der Waals surface area contributed by atoms with Crippen molar-refractivity contribution >= 4 is 33.2 Å². The average molecular weight is 497 g/mol. The highest BCUT2D eigenvalue weighted by atomic mass is 79.9. The number of nitrogens with zero attached hydrogens (tertiary/aromatic N) is 1. The molecule has 8 nitrogen and oxygen atoms in total. The van der Waals surface area contributed by atoms with Crippen LogP contribution in [0.1, 0.15) is 16.3 Å². The maximum atomic E-state index is 12.4. The first-order chi connectivity index (χ1) is 14.8. The van der Waals surface area contributed by atoms with Crippen LogP contribution >= 0.6 is 15.9 Å². The molecule has 0 radical (unpaired) electrons. The minimum Gasteiger partial charge on any atom is -0.487 e. The van der Waals surface area contributed by atoms with Gasteiger partial charge in [0.25, 0.3) is 18.0 Å². The minimum atomic E-state index is -2.75. The van der Waals surface area contributed by atoms with Gasteiger partial charge in [0.05, 0.1) is 21.1 Å². The summed E-state index contributed by atoms with van der Waals surface area (Å²) in [5.41, 5.74) is -0.435. The SMILES string of the molecule is O=C(Nc1cc(OCC(F)F)cc([N+](=O)[O-])c1)c1ccc(COc2ccccc2Br)o1. The highest BCUT2D eigenvalue weighted by molar-refractivity contribution is 9.10. The van der Waals surface area contributed by atoms with E-state index in [1.165, 1.54) is 12.1 Å². The number of nitro benzene ring substituents is 1. The predicted molar refractivity (Wildman–Crippen MR) is 110 cm³/mol. The molecule has 2 aromatic carbocycles. The Bertz CT molecular complexity index is 1090. The Labute approximate surface area is 183 Å². The normalized spacial score (nSPS) is 10.7. The molecule has 1 heterocycles. The zero-order valence-electron chi connectivity index (χ0n) is 15.7. The van der Waals surface area contributed by atoms with Gasteiger partial charge in [0.15, 0.2) is 5.76 Å². The highest BCUT2D eigenvalue weighted by Crippen LogP contribution is 2.27. The van der Waals surface area contributed by atoms with E-state index in [9.17, 15) is 23.7 Å². The number of anilines is 1. The molecule has 162 valence electrons. The number of benzene rings is 2. The Morgan fingerprint density at radius 1 is 1.16 bits per heavy atom. The number of halogens is 3. The quantitative estimate of drug-likeness (QED) is 0.313. The van der Waals surface area contributed by atoms with Crippen molar-refractivity contribution in [3.05, 3.63) is 80.7 Å². The largest absolute Gasteiger partial charge is 0.487 e. The summed E-state index contributed by atoms with van der Waals surface area (Å²) < 4.78 is 41.4. The smallest absolute Gasteiger partial charge is 0.291 e. The van der Waals surface area contributed by atoms with E-state index in [0.717, 1.165) is 16.6 Å². The van der Waals surface area contributed by atoms with Gasteiger partial charge in [0, 0.05) is 12.1 Å². The Balaban J connectivity index is 1.68. The van der Waals surface area contributed by atoms with E-state index in [-0.39, 0.29) is 23.8 Å². The summed E-state index contributed by atoms with van der Waals surface area (Å²) >= 11 is 3.36. The fourth-order valence-corrected chi connectivity index (χ4v) is 2.88. The predicted octanol–water partition coefficient (Wildman–Crippen LogP) is 5.43. The zero-order chi connectivity index (χ0) is 22.4. The molecule has 31 heavy (non-hydrogen) atoms. The molecule has 0 atom stereocenters. The van der Waals surface area contributed by atoms with Gasteiger partial charge in [0.2, 0.25) is 0 Å². The second-order valence-corrected chi connectivity index (χ2v) is 6.97. The van der Waals surface area contributed by atoms with Crippen LogP contribution in [0.5, 0.6) is 11.5 Å². The van der Waals surface area contributed by atoms with Gasteiger partial charge < -0.3 is 19.2 Å². The van der Waals surface area contributed by atoms with E-state index < -0.39 is 29.6 Å². The lowest BCUT2D eigenvalue weighted by Crippen LogP contribution is -2.12. The summed E-state index contributed by atoms with van der Waals surface area (Å²) in [7, 11) is 0. The van der Waals surface area contributed by atoms with Gasteiger partial charge in [-0.3, -0.25) is 14.9 Å². The molecule has 1 amide bonds. The third kappa shape index (κ3) is 6.25. The van der Waals surface area contributed by atoms with Crippen molar-refractivity contribution in [1.29, 1.82) is 0 Å². The van der Waals surface area contributed by atoms with Gasteiger partial charge in [-0.05, 0) is 40.2 Å². The van der Waals surface area contributed by atoms with Crippen LogP contribution in [0.25, 0.3) is 0 Å². The number of carbonyl (C=O) groups excluding carboxylic acids is 1. The number of ether oxygens (including phenoxy) is 2. The molecule has 3 aromatic rings. The summed E-state index contributed by atoms with van der Waals surface area (Å²) in [5.74, 6) is 0.0465. The maximum absolute atomic E-state index is 12.4. The van der Waals surface area contributed by atoms with Crippen molar-refractivity contribution in [3.63, 3.8) is 0 Å². The summed E-state index contributed by atoms with van der Waals surface area (Å²) in [5, 5.41) is 13.5. The van der Waals surface area contributed by atoms with E-state index in [0.29, 0.717) is 11.5 Å². The first kappa shape index (κ1) is 22.2. The molecule has 0 aliphatic carbocycles. The van der Waals surface area contributed by atoms with Crippen LogP contribution in [0.15, 0.2) is 63.5 Å². The molecule has 0 bridgehead atoms. The van der Waals surface area contributed by atoms with E-state index in [1.54, 1.807) is 18.2 Å². The highest BCUT2D eigenvalue weighted by Gasteiger charge is 2.17. The van der Waals surface area contributed by atoms with Crippen LogP contribution in [0.3, 0.4) is 0 Å².